The van der Waals surface area contributed by atoms with Crippen molar-refractivity contribution in [3.8, 4) is 0 Å². The second-order valence-electron chi connectivity index (χ2n) is 9.03. The molecule has 0 aromatic heterocycles. The molecule has 3 aromatic carbocycles. The highest BCUT2D eigenvalue weighted by molar-refractivity contribution is 6.35. The van der Waals surface area contributed by atoms with Crippen molar-refractivity contribution in [3.05, 3.63) is 98.4 Å². The molecule has 0 spiro atoms. The number of amides is 1. The second kappa shape index (κ2) is 10.3. The van der Waals surface area contributed by atoms with Crippen LogP contribution in [0.1, 0.15) is 34.3 Å². The Bertz CT molecular complexity index is 1510. The molecule has 0 bridgehead atoms. The van der Waals surface area contributed by atoms with Gasteiger partial charge in [0, 0.05) is 16.7 Å². The quantitative estimate of drug-likeness (QED) is 0.168. The number of benzene rings is 3. The third-order valence-electron chi connectivity index (χ3n) is 6.54. The number of alkyl halides is 3. The van der Waals surface area contributed by atoms with Gasteiger partial charge in [0.05, 0.1) is 35.1 Å². The lowest BCUT2D eigenvalue weighted by atomic mass is 9.90. The molecule has 1 saturated carbocycles. The molecule has 39 heavy (non-hydrogen) atoms. The van der Waals surface area contributed by atoms with Gasteiger partial charge in [0.2, 0.25) is 5.60 Å². The molecule has 3 aromatic rings. The minimum atomic E-state index is -4.97. The van der Waals surface area contributed by atoms with E-state index in [4.69, 9.17) is 32.9 Å². The van der Waals surface area contributed by atoms with Crippen LogP contribution in [0.4, 0.5) is 17.6 Å². The number of hydrogen-bond acceptors (Lipinski definition) is 5. The minimum absolute atomic E-state index is 0.00268. The van der Waals surface area contributed by atoms with Crippen molar-refractivity contribution >= 4 is 45.6 Å². The van der Waals surface area contributed by atoms with Crippen molar-refractivity contribution in [1.82, 2.24) is 16.3 Å². The summed E-state index contributed by atoms with van der Waals surface area (Å²) in [6.07, 6.45) is -2.26. The van der Waals surface area contributed by atoms with E-state index < -0.39 is 33.2 Å². The number of hydroxylamine groups is 2. The van der Waals surface area contributed by atoms with E-state index in [0.717, 1.165) is 42.3 Å². The summed E-state index contributed by atoms with van der Waals surface area (Å²) in [5, 5.41) is 2.74. The first-order chi connectivity index (χ1) is 18.6. The molecule has 0 radical (unpaired) electrons. The number of carbonyl (C=O) groups is 1. The van der Waals surface area contributed by atoms with Gasteiger partial charge in [-0.15, -0.1) is 0 Å². The lowest BCUT2D eigenvalue weighted by molar-refractivity contribution is -0.269. The van der Waals surface area contributed by atoms with Crippen LogP contribution in [-0.2, 0) is 15.3 Å². The maximum atomic E-state index is 14.4. The van der Waals surface area contributed by atoms with Gasteiger partial charge in [-0.3, -0.25) is 25.4 Å². The van der Waals surface area contributed by atoms with E-state index in [1.54, 1.807) is 24.3 Å². The zero-order valence-electron chi connectivity index (χ0n) is 20.3. The fourth-order valence-electron chi connectivity index (χ4n) is 4.46. The first-order valence-corrected chi connectivity index (χ1v) is 12.5. The molecule has 1 amide bonds. The third kappa shape index (κ3) is 5.05. The molecule has 2 aliphatic rings. The Balaban J connectivity index is 1.53. The highest BCUT2D eigenvalue weighted by Crippen LogP contribution is 2.49. The number of rotatable bonds is 7. The summed E-state index contributed by atoms with van der Waals surface area (Å²) in [6, 6.07) is 11.5. The molecule has 3 N–H and O–H groups in total. The van der Waals surface area contributed by atoms with Gasteiger partial charge in [-0.1, -0.05) is 53.5 Å². The Kier molecular flexibility index (Phi) is 7.23. The van der Waals surface area contributed by atoms with E-state index in [9.17, 15) is 22.4 Å². The molecule has 1 unspecified atom stereocenters. The van der Waals surface area contributed by atoms with Crippen molar-refractivity contribution in [2.45, 2.75) is 24.6 Å². The first-order valence-electron chi connectivity index (χ1n) is 11.7. The van der Waals surface area contributed by atoms with Gasteiger partial charge in [-0.05, 0) is 53.5 Å². The Labute approximate surface area is 230 Å². The fraction of sp³-hybridized carbons (Fsp3) is 0.222. The topological polar surface area (TPSA) is 71.6 Å². The number of allylic oxidation sites excluding steroid dienone is 1. The molecule has 204 valence electrons. The average molecular weight is 582 g/mol. The molecule has 1 heterocycles. The minimum Gasteiger partial charge on any atom is -0.346 e. The molecule has 12 heteroatoms. The van der Waals surface area contributed by atoms with Crippen LogP contribution in [-0.4, -0.2) is 25.7 Å². The van der Waals surface area contributed by atoms with Crippen molar-refractivity contribution in [1.29, 1.82) is 0 Å². The molecule has 1 atom stereocenters. The standard InChI is InChI=1S/C27H21Cl2F4N3O3/c1-38-35-23(14-6-7-14)13-34-25(37)19-9-8-18(16-4-2-3-5-17(16)19)22-12-26(39-36-22,27(31,32)33)15-10-20(28)24(30)21(29)11-15/h2-5,8-12,35-36H,6-7,13H2,1H3,(H,34,37). The van der Waals surface area contributed by atoms with Crippen LogP contribution in [0, 0.1) is 5.82 Å². The predicted molar refractivity (Wildman–Crippen MR) is 139 cm³/mol. The Morgan fingerprint density at radius 3 is 2.38 bits per heavy atom. The Morgan fingerprint density at radius 2 is 1.77 bits per heavy atom. The molecule has 1 fully saturated rings. The van der Waals surface area contributed by atoms with E-state index in [-0.39, 0.29) is 18.1 Å². The van der Waals surface area contributed by atoms with Gasteiger partial charge in [-0.2, -0.15) is 13.2 Å². The highest BCUT2D eigenvalue weighted by Gasteiger charge is 2.60. The van der Waals surface area contributed by atoms with Crippen molar-refractivity contribution in [2.24, 2.45) is 0 Å². The average Bonchev–Trinajstić information content (AvgIpc) is 3.65. The van der Waals surface area contributed by atoms with Crippen LogP contribution in [0.15, 0.2) is 65.9 Å². The van der Waals surface area contributed by atoms with Gasteiger partial charge in [0.15, 0.2) is 5.82 Å². The van der Waals surface area contributed by atoms with Crippen LogP contribution in [0.5, 0.6) is 0 Å². The number of nitrogens with one attached hydrogen (secondary N) is 3. The van der Waals surface area contributed by atoms with Gasteiger partial charge in [0.25, 0.3) is 5.91 Å². The lowest BCUT2D eigenvalue weighted by Crippen LogP contribution is -2.42. The zero-order chi connectivity index (χ0) is 27.9. The maximum absolute atomic E-state index is 14.4. The molecular weight excluding hydrogens is 561 g/mol. The van der Waals surface area contributed by atoms with E-state index in [1.165, 1.54) is 19.2 Å². The second-order valence-corrected chi connectivity index (χ2v) is 9.84. The largest absolute Gasteiger partial charge is 0.428 e. The number of hydrogen-bond donors (Lipinski definition) is 3. The normalized spacial score (nSPS) is 18.5. The Morgan fingerprint density at radius 1 is 1.10 bits per heavy atom. The maximum Gasteiger partial charge on any atom is 0.428 e. The van der Waals surface area contributed by atoms with Crippen LogP contribution in [0.25, 0.3) is 16.5 Å². The van der Waals surface area contributed by atoms with Gasteiger partial charge >= 0.3 is 6.18 Å². The monoisotopic (exact) mass is 581 g/mol. The molecular formula is C27H21Cl2F4N3O3. The fourth-order valence-corrected chi connectivity index (χ4v) is 4.95. The Hall–Kier alpha value is -3.31. The first kappa shape index (κ1) is 27.3. The van der Waals surface area contributed by atoms with Crippen LogP contribution < -0.4 is 16.3 Å². The summed E-state index contributed by atoms with van der Waals surface area (Å²) in [7, 11) is 1.49. The zero-order valence-corrected chi connectivity index (χ0v) is 21.8. The molecule has 5 rings (SSSR count). The molecule has 1 aliphatic carbocycles. The van der Waals surface area contributed by atoms with Crippen molar-refractivity contribution < 1.29 is 32.0 Å². The summed E-state index contributed by atoms with van der Waals surface area (Å²) < 4.78 is 57.3. The van der Waals surface area contributed by atoms with Crippen molar-refractivity contribution in [3.63, 3.8) is 0 Å². The summed E-state index contributed by atoms with van der Waals surface area (Å²) in [5.74, 6) is -1.40. The highest BCUT2D eigenvalue weighted by atomic mass is 35.5. The number of halogens is 6. The van der Waals surface area contributed by atoms with Crippen LogP contribution in [0.3, 0.4) is 0 Å². The lowest BCUT2D eigenvalue weighted by Gasteiger charge is -2.28. The van der Waals surface area contributed by atoms with Crippen molar-refractivity contribution in [2.75, 3.05) is 13.7 Å². The predicted octanol–water partition coefficient (Wildman–Crippen LogP) is 6.55. The summed E-state index contributed by atoms with van der Waals surface area (Å²) in [5.41, 5.74) is 4.29. The van der Waals surface area contributed by atoms with Gasteiger partial charge < -0.3 is 5.32 Å². The summed E-state index contributed by atoms with van der Waals surface area (Å²) in [4.78, 5) is 23.2. The van der Waals surface area contributed by atoms with Gasteiger partial charge in [0.1, 0.15) is 0 Å². The SMILES string of the molecule is CONC(CNC(=O)c1ccc(C2=CC(c3cc(Cl)c(F)c(Cl)c3)(C(F)(F)F)ON2)c2ccccc12)=C1CC1. The van der Waals surface area contributed by atoms with E-state index in [1.807, 2.05) is 0 Å². The van der Waals surface area contributed by atoms with Crippen LogP contribution >= 0.6 is 23.2 Å². The van der Waals surface area contributed by atoms with E-state index >= 15 is 0 Å². The number of fused-ring (bicyclic) bond motifs is 1. The summed E-state index contributed by atoms with van der Waals surface area (Å²) >= 11 is 11.6. The van der Waals surface area contributed by atoms with Gasteiger partial charge in [-0.25, -0.2) is 4.39 Å². The van der Waals surface area contributed by atoms with E-state index in [0.29, 0.717) is 21.9 Å². The molecule has 0 saturated heterocycles. The smallest absolute Gasteiger partial charge is 0.346 e. The van der Waals surface area contributed by atoms with E-state index in [2.05, 4.69) is 16.3 Å². The summed E-state index contributed by atoms with van der Waals surface area (Å²) in [6.45, 7) is 0.232. The third-order valence-corrected chi connectivity index (χ3v) is 7.09. The molecule has 6 nitrogen and oxygen atoms in total. The van der Waals surface area contributed by atoms with Crippen LogP contribution in [0.2, 0.25) is 10.0 Å². The number of carbonyl (C=O) groups excluding carboxylic acids is 1. The molecule has 1 aliphatic heterocycles.